The number of unbranched alkanes of at least 4 members (excludes halogenated alkanes) is 3. The molecule has 3 rings (SSSR count). The number of aliphatic carboxylic acids is 6. The minimum absolute atomic E-state index is 0.0220. The summed E-state index contributed by atoms with van der Waals surface area (Å²) in [6.07, 6.45) is 1.74. The van der Waals surface area contributed by atoms with Crippen LogP contribution in [0, 0.1) is 0 Å². The lowest BCUT2D eigenvalue weighted by atomic mass is 10.1. The second kappa shape index (κ2) is 34.0. The topological polar surface area (TPSA) is 356 Å². The van der Waals surface area contributed by atoms with E-state index in [9.17, 15) is 73.5 Å². The van der Waals surface area contributed by atoms with Crippen molar-refractivity contribution in [2.24, 2.45) is 0 Å². The minimum Gasteiger partial charge on any atom is -0.481 e. The smallest absolute Gasteiger partial charge is 0.326 e. The van der Waals surface area contributed by atoms with Crippen molar-refractivity contribution in [3.8, 4) is 0 Å². The van der Waals surface area contributed by atoms with Crippen LogP contribution in [-0.2, 0) is 51.4 Å². The Bertz CT molecular complexity index is 2190. The summed E-state index contributed by atoms with van der Waals surface area (Å²) in [7, 11) is 0. The fourth-order valence-electron chi connectivity index (χ4n) is 7.95. The Morgan fingerprint density at radius 3 is 1.48 bits per heavy atom. The Labute approximate surface area is 442 Å². The fraction of sp³-hybridized carbons (Fsp3) is 0.551. The first-order chi connectivity index (χ1) is 35.7. The first-order valence-electron chi connectivity index (χ1n) is 24.6. The Hall–Kier alpha value is -6.74. The highest BCUT2D eigenvalue weighted by Gasteiger charge is 2.26. The molecule has 2 atom stereocenters. The van der Waals surface area contributed by atoms with Crippen molar-refractivity contribution in [1.82, 2.24) is 45.8 Å². The zero-order valence-electron chi connectivity index (χ0n) is 41.8. The van der Waals surface area contributed by atoms with Gasteiger partial charge in [0.1, 0.15) is 12.1 Å². The fourth-order valence-corrected chi connectivity index (χ4v) is 8.22. The van der Waals surface area contributed by atoms with E-state index in [1.807, 2.05) is 29.2 Å². The summed E-state index contributed by atoms with van der Waals surface area (Å²) in [5, 5.41) is 66.3. The van der Waals surface area contributed by atoms with Gasteiger partial charge >= 0.3 is 41.8 Å². The third-order valence-electron chi connectivity index (χ3n) is 12.1. The largest absolute Gasteiger partial charge is 0.481 e. The van der Waals surface area contributed by atoms with Gasteiger partial charge in [0.05, 0.1) is 26.2 Å². The molecule has 1 saturated heterocycles. The standard InChI is InChI=1S/C49H70BrN9O16/c50-37-14-10-35(11-15-37)29-59(19-5-3-6-38(47(71)72)53-49(75)54-39(48(73)74)16-17-42(62)63)41(61)7-2-1-4-18-51-46(70)36-12-8-34(9-13-36)28-52-40(60)30-55-20-22-56(31-43(64)65)24-26-58(33-45(68)69)27-25-57(23-21-55)32-44(66)67/h8-15,38-39H,1-7,16-33H2,(H,51,70)(H,52,60)(H,62,63)(H,64,65)(H,66,67)(H,68,69)(H,71,72)(H,73,74)(H2,53,54,75). The van der Waals surface area contributed by atoms with E-state index in [1.54, 1.807) is 43.9 Å². The van der Waals surface area contributed by atoms with Gasteiger partial charge in [-0.1, -0.05) is 46.6 Å². The van der Waals surface area contributed by atoms with E-state index in [0.717, 1.165) is 15.6 Å². The highest BCUT2D eigenvalue weighted by molar-refractivity contribution is 9.10. The monoisotopic (exact) mass is 1120 g/mol. The first kappa shape index (κ1) is 62.6. The van der Waals surface area contributed by atoms with Crippen molar-refractivity contribution in [3.05, 3.63) is 69.7 Å². The second-order valence-corrected chi connectivity index (χ2v) is 19.0. The number of hydrogen-bond donors (Lipinski definition) is 10. The van der Waals surface area contributed by atoms with Crippen LogP contribution in [0.15, 0.2) is 53.0 Å². The number of nitrogens with zero attached hydrogens (tertiary/aromatic N) is 5. The van der Waals surface area contributed by atoms with Crippen LogP contribution in [0.5, 0.6) is 0 Å². The molecule has 414 valence electrons. The number of carbonyl (C=O) groups is 10. The van der Waals surface area contributed by atoms with Crippen LogP contribution in [0.1, 0.15) is 79.3 Å². The molecule has 1 aliphatic rings. The van der Waals surface area contributed by atoms with Crippen LogP contribution in [0.3, 0.4) is 0 Å². The molecule has 1 aliphatic heterocycles. The van der Waals surface area contributed by atoms with E-state index in [2.05, 4.69) is 37.2 Å². The lowest BCUT2D eigenvalue weighted by Gasteiger charge is -2.32. The van der Waals surface area contributed by atoms with Gasteiger partial charge in [0.2, 0.25) is 11.8 Å². The number of amides is 5. The van der Waals surface area contributed by atoms with Crippen molar-refractivity contribution < 1.29 is 78.6 Å². The van der Waals surface area contributed by atoms with Gasteiger partial charge in [-0.15, -0.1) is 0 Å². The van der Waals surface area contributed by atoms with Crippen LogP contribution < -0.4 is 21.3 Å². The van der Waals surface area contributed by atoms with Gasteiger partial charge in [-0.25, -0.2) is 14.4 Å². The van der Waals surface area contributed by atoms with E-state index >= 15 is 0 Å². The molecule has 1 heterocycles. The molecule has 5 amide bonds. The molecular weight excluding hydrogens is 1050 g/mol. The molecule has 2 aromatic rings. The van der Waals surface area contributed by atoms with Gasteiger partial charge in [-0.2, -0.15) is 0 Å². The summed E-state index contributed by atoms with van der Waals surface area (Å²) >= 11 is 3.41. The summed E-state index contributed by atoms with van der Waals surface area (Å²) in [5.41, 5.74) is 2.00. The van der Waals surface area contributed by atoms with E-state index in [1.165, 1.54) is 0 Å². The van der Waals surface area contributed by atoms with Crippen LogP contribution in [0.2, 0.25) is 0 Å². The number of carboxylic acid groups (broad SMARTS) is 6. The quantitative estimate of drug-likeness (QED) is 0.0473. The van der Waals surface area contributed by atoms with E-state index < -0.39 is 66.8 Å². The summed E-state index contributed by atoms with van der Waals surface area (Å²) in [6, 6.07) is 10.2. The van der Waals surface area contributed by atoms with Crippen molar-refractivity contribution in [1.29, 1.82) is 0 Å². The molecule has 0 bridgehead atoms. The van der Waals surface area contributed by atoms with Gasteiger partial charge in [-0.3, -0.25) is 53.2 Å². The first-order valence-corrected chi connectivity index (χ1v) is 25.4. The highest BCUT2D eigenvalue weighted by Crippen LogP contribution is 2.16. The number of benzene rings is 2. The molecule has 26 heteroatoms. The predicted molar refractivity (Wildman–Crippen MR) is 273 cm³/mol. The van der Waals surface area contributed by atoms with Gasteiger partial charge in [-0.05, 0) is 73.9 Å². The second-order valence-electron chi connectivity index (χ2n) is 18.1. The molecular formula is C49H70BrN9O16. The van der Waals surface area contributed by atoms with Gasteiger partial charge < -0.3 is 56.8 Å². The van der Waals surface area contributed by atoms with E-state index in [4.69, 9.17) is 5.11 Å². The van der Waals surface area contributed by atoms with Crippen molar-refractivity contribution in [2.45, 2.75) is 83.0 Å². The van der Waals surface area contributed by atoms with Crippen LogP contribution >= 0.6 is 15.9 Å². The molecule has 1 fully saturated rings. The maximum atomic E-state index is 13.5. The highest BCUT2D eigenvalue weighted by atomic mass is 79.9. The Morgan fingerprint density at radius 2 is 1.00 bits per heavy atom. The zero-order valence-corrected chi connectivity index (χ0v) is 43.4. The molecule has 0 saturated carbocycles. The molecule has 2 unspecified atom stereocenters. The van der Waals surface area contributed by atoms with Gasteiger partial charge in [0, 0.05) is 101 Å². The summed E-state index contributed by atoms with van der Waals surface area (Å²) < 4.78 is 0.861. The molecule has 25 nitrogen and oxygen atoms in total. The molecule has 75 heavy (non-hydrogen) atoms. The molecule has 0 aliphatic carbocycles. The third-order valence-corrected chi connectivity index (χ3v) is 12.6. The predicted octanol–water partition coefficient (Wildman–Crippen LogP) is 1.10. The van der Waals surface area contributed by atoms with E-state index in [0.29, 0.717) is 63.8 Å². The minimum atomic E-state index is -1.53. The average molecular weight is 1120 g/mol. The Kier molecular flexibility index (Phi) is 28.3. The summed E-state index contributed by atoms with van der Waals surface area (Å²) in [4.78, 5) is 129. The molecule has 0 aromatic heterocycles. The SMILES string of the molecule is O=C(O)CCC(NC(=O)NC(CCCCN(Cc1ccc(Br)cc1)C(=O)CCCCCNC(=O)c1ccc(CNC(=O)CN2CCN(CC(=O)O)CCN(CC(=O)O)CCN(CC(=O)O)CC2)cc1)C(=O)O)C(=O)O. The summed E-state index contributed by atoms with van der Waals surface area (Å²) in [6.45, 7) is 2.37. The molecule has 10 N–H and O–H groups in total. The van der Waals surface area contributed by atoms with Crippen molar-refractivity contribution in [2.75, 3.05) is 91.6 Å². The number of urea groups is 1. The zero-order chi connectivity index (χ0) is 55.3. The molecule has 2 aromatic carbocycles. The number of nitrogens with one attached hydrogen (secondary N) is 4. The lowest BCUT2D eigenvalue weighted by Crippen LogP contribution is -2.51. The Balaban J connectivity index is 1.45. The number of rotatable bonds is 31. The number of halogens is 1. The average Bonchev–Trinajstić information content (AvgIpc) is 3.34. The Morgan fingerprint density at radius 1 is 0.520 bits per heavy atom. The van der Waals surface area contributed by atoms with Crippen LogP contribution in [-0.4, -0.2) is 218 Å². The molecule has 0 radical (unpaired) electrons. The van der Waals surface area contributed by atoms with Crippen LogP contribution in [0.25, 0.3) is 0 Å². The molecule has 0 spiro atoms. The third kappa shape index (κ3) is 26.9. The van der Waals surface area contributed by atoms with Gasteiger partial charge in [0.25, 0.3) is 5.91 Å². The number of carbonyl (C=O) groups excluding carboxylic acids is 4. The summed E-state index contributed by atoms with van der Waals surface area (Å²) in [5.74, 6) is -7.97. The maximum absolute atomic E-state index is 13.5. The van der Waals surface area contributed by atoms with E-state index in [-0.39, 0.29) is 109 Å². The van der Waals surface area contributed by atoms with Crippen LogP contribution in [0.4, 0.5) is 4.79 Å². The maximum Gasteiger partial charge on any atom is 0.326 e. The normalized spacial score (nSPS) is 14.9. The number of carboxylic acids is 6. The van der Waals surface area contributed by atoms with Crippen molar-refractivity contribution in [3.63, 3.8) is 0 Å². The van der Waals surface area contributed by atoms with Gasteiger partial charge in [0.15, 0.2) is 0 Å². The lowest BCUT2D eigenvalue weighted by molar-refractivity contribution is -0.141. The van der Waals surface area contributed by atoms with Crippen molar-refractivity contribution >= 4 is 75.5 Å². The number of hydrogen-bond acceptors (Lipinski definition) is 14.